The van der Waals surface area contributed by atoms with Gasteiger partial charge < -0.3 is 10.6 Å². The van der Waals surface area contributed by atoms with Crippen molar-refractivity contribution in [2.24, 2.45) is 0 Å². The molecule has 1 aromatic rings. The smallest absolute Gasteiger partial charge is 0.256 e. The summed E-state index contributed by atoms with van der Waals surface area (Å²) in [6, 6.07) is 1.74. The van der Waals surface area contributed by atoms with Crippen LogP contribution in [0.3, 0.4) is 0 Å². The van der Waals surface area contributed by atoms with Crippen LogP contribution in [0.15, 0.2) is 12.1 Å². The van der Waals surface area contributed by atoms with Crippen molar-refractivity contribution < 1.29 is 13.6 Å². The first kappa shape index (κ1) is 14.7. The summed E-state index contributed by atoms with van der Waals surface area (Å²) in [5.41, 5.74) is 5.03. The van der Waals surface area contributed by atoms with Gasteiger partial charge in [-0.1, -0.05) is 6.92 Å². The zero-order chi connectivity index (χ0) is 14.7. The van der Waals surface area contributed by atoms with Crippen LogP contribution < -0.4 is 5.73 Å². The van der Waals surface area contributed by atoms with Gasteiger partial charge in [0.2, 0.25) is 0 Å². The zero-order valence-electron chi connectivity index (χ0n) is 11.5. The number of halogens is 2. The minimum atomic E-state index is -0.863. The number of rotatable bonds is 3. The van der Waals surface area contributed by atoms with Crippen molar-refractivity contribution in [1.82, 2.24) is 9.80 Å². The first-order chi connectivity index (χ1) is 9.52. The topological polar surface area (TPSA) is 49.6 Å². The van der Waals surface area contributed by atoms with Crippen molar-refractivity contribution >= 4 is 11.6 Å². The molecule has 0 spiro atoms. The Balaban J connectivity index is 2.07. The minimum absolute atomic E-state index is 0.159. The molecule has 6 heteroatoms. The first-order valence-corrected chi connectivity index (χ1v) is 6.79. The van der Waals surface area contributed by atoms with Crippen LogP contribution >= 0.6 is 0 Å². The molecule has 1 saturated heterocycles. The highest BCUT2D eigenvalue weighted by molar-refractivity contribution is 5.95. The maximum atomic E-state index is 13.7. The lowest BCUT2D eigenvalue weighted by Crippen LogP contribution is -2.48. The largest absolute Gasteiger partial charge is 0.396 e. The van der Waals surface area contributed by atoms with E-state index < -0.39 is 17.5 Å². The Bertz CT molecular complexity index is 499. The molecule has 2 rings (SSSR count). The fourth-order valence-electron chi connectivity index (χ4n) is 2.39. The van der Waals surface area contributed by atoms with Gasteiger partial charge in [-0.25, -0.2) is 8.78 Å². The third-order valence-electron chi connectivity index (χ3n) is 3.52. The van der Waals surface area contributed by atoms with Gasteiger partial charge in [0.25, 0.3) is 5.91 Å². The second-order valence-electron chi connectivity index (χ2n) is 4.99. The Morgan fingerprint density at radius 1 is 1.20 bits per heavy atom. The highest BCUT2D eigenvalue weighted by Crippen LogP contribution is 2.19. The summed E-state index contributed by atoms with van der Waals surface area (Å²) >= 11 is 0. The lowest BCUT2D eigenvalue weighted by atomic mass is 10.1. The highest BCUT2D eigenvalue weighted by atomic mass is 19.1. The third kappa shape index (κ3) is 3.07. The van der Waals surface area contributed by atoms with E-state index in [4.69, 9.17) is 5.73 Å². The number of nitrogen functional groups attached to an aromatic ring is 1. The summed E-state index contributed by atoms with van der Waals surface area (Å²) < 4.78 is 26.8. The maximum absolute atomic E-state index is 13.7. The van der Waals surface area contributed by atoms with Gasteiger partial charge in [0.1, 0.15) is 11.6 Å². The van der Waals surface area contributed by atoms with Crippen LogP contribution in [0.2, 0.25) is 0 Å². The van der Waals surface area contributed by atoms with Gasteiger partial charge in [-0.2, -0.15) is 0 Å². The van der Waals surface area contributed by atoms with E-state index in [1.807, 2.05) is 0 Å². The number of benzene rings is 1. The van der Waals surface area contributed by atoms with Crippen LogP contribution in [-0.4, -0.2) is 48.4 Å². The molecule has 0 aliphatic carbocycles. The Labute approximate surface area is 117 Å². The van der Waals surface area contributed by atoms with Crippen molar-refractivity contribution in [2.45, 2.75) is 13.3 Å². The molecule has 110 valence electrons. The number of nitrogens with two attached hydrogens (primary N) is 1. The monoisotopic (exact) mass is 283 g/mol. The number of piperazine rings is 1. The quantitative estimate of drug-likeness (QED) is 0.859. The summed E-state index contributed by atoms with van der Waals surface area (Å²) in [4.78, 5) is 16.1. The van der Waals surface area contributed by atoms with Crippen LogP contribution in [-0.2, 0) is 0 Å². The van der Waals surface area contributed by atoms with E-state index in [9.17, 15) is 13.6 Å². The molecule has 20 heavy (non-hydrogen) atoms. The van der Waals surface area contributed by atoms with Crippen LogP contribution in [0.1, 0.15) is 23.7 Å². The maximum Gasteiger partial charge on any atom is 0.256 e. The van der Waals surface area contributed by atoms with Crippen LogP contribution in [0, 0.1) is 11.6 Å². The summed E-state index contributed by atoms with van der Waals surface area (Å²) in [5.74, 6) is -2.13. The number of nitrogens with zero attached hydrogens (tertiary/aromatic N) is 2. The van der Waals surface area contributed by atoms with Gasteiger partial charge in [0, 0.05) is 32.2 Å². The lowest BCUT2D eigenvalue weighted by Gasteiger charge is -2.34. The molecule has 1 aliphatic heterocycles. The van der Waals surface area contributed by atoms with Crippen molar-refractivity contribution in [2.75, 3.05) is 38.5 Å². The number of hydrogen-bond acceptors (Lipinski definition) is 3. The van der Waals surface area contributed by atoms with Crippen molar-refractivity contribution in [3.63, 3.8) is 0 Å². The van der Waals surface area contributed by atoms with E-state index in [0.717, 1.165) is 32.1 Å². The summed E-state index contributed by atoms with van der Waals surface area (Å²) in [6.45, 7) is 5.76. The molecule has 0 unspecified atom stereocenters. The molecule has 0 atom stereocenters. The lowest BCUT2D eigenvalue weighted by molar-refractivity contribution is 0.0633. The Hall–Kier alpha value is -1.69. The number of carbonyl (C=O) groups excluding carboxylic acids is 1. The SMILES string of the molecule is CCCN1CCN(C(=O)c2cc(N)c(F)cc2F)CC1. The molecule has 1 aromatic carbocycles. The normalized spacial score (nSPS) is 16.4. The fraction of sp³-hybridized carbons (Fsp3) is 0.500. The zero-order valence-corrected chi connectivity index (χ0v) is 11.5. The third-order valence-corrected chi connectivity index (χ3v) is 3.52. The number of hydrogen-bond donors (Lipinski definition) is 1. The van der Waals surface area contributed by atoms with Crippen molar-refractivity contribution in [1.29, 1.82) is 0 Å². The summed E-state index contributed by atoms with van der Waals surface area (Å²) in [7, 11) is 0. The fourth-order valence-corrected chi connectivity index (χ4v) is 2.39. The number of amides is 1. The summed E-state index contributed by atoms with van der Waals surface area (Å²) in [6.07, 6.45) is 1.07. The van der Waals surface area contributed by atoms with Gasteiger partial charge in [-0.15, -0.1) is 0 Å². The molecule has 0 aromatic heterocycles. The number of carbonyl (C=O) groups is 1. The predicted octanol–water partition coefficient (Wildman–Crippen LogP) is 1.71. The number of anilines is 1. The van der Waals surface area contributed by atoms with Crippen LogP contribution in [0.5, 0.6) is 0 Å². The minimum Gasteiger partial charge on any atom is -0.396 e. The molecular formula is C14H19F2N3O. The predicted molar refractivity (Wildman–Crippen MR) is 73.4 cm³/mol. The Morgan fingerprint density at radius 3 is 2.45 bits per heavy atom. The molecule has 1 heterocycles. The first-order valence-electron chi connectivity index (χ1n) is 6.79. The molecule has 0 saturated carbocycles. The molecule has 1 fully saturated rings. The van der Waals surface area contributed by atoms with E-state index in [-0.39, 0.29) is 11.3 Å². The van der Waals surface area contributed by atoms with E-state index in [0.29, 0.717) is 19.2 Å². The van der Waals surface area contributed by atoms with Gasteiger partial charge in [0.05, 0.1) is 11.3 Å². The standard InChI is InChI=1S/C14H19F2N3O/c1-2-3-18-4-6-19(7-5-18)14(20)10-8-13(17)12(16)9-11(10)15/h8-9H,2-7,17H2,1H3. The van der Waals surface area contributed by atoms with Crippen molar-refractivity contribution in [3.8, 4) is 0 Å². The molecule has 1 amide bonds. The highest BCUT2D eigenvalue weighted by Gasteiger charge is 2.24. The van der Waals surface area contributed by atoms with Crippen molar-refractivity contribution in [3.05, 3.63) is 29.3 Å². The van der Waals surface area contributed by atoms with Crippen LogP contribution in [0.25, 0.3) is 0 Å². The molecule has 4 nitrogen and oxygen atoms in total. The van der Waals surface area contributed by atoms with E-state index in [1.54, 1.807) is 4.90 Å². The van der Waals surface area contributed by atoms with Gasteiger partial charge in [0.15, 0.2) is 0 Å². The molecule has 0 bridgehead atoms. The molecule has 0 radical (unpaired) electrons. The van der Waals surface area contributed by atoms with E-state index in [1.165, 1.54) is 0 Å². The Kier molecular flexibility index (Phi) is 4.54. The van der Waals surface area contributed by atoms with E-state index >= 15 is 0 Å². The molecule has 2 N–H and O–H groups in total. The summed E-state index contributed by atoms with van der Waals surface area (Å²) in [5, 5.41) is 0. The van der Waals surface area contributed by atoms with Crippen LogP contribution in [0.4, 0.5) is 14.5 Å². The molecule has 1 aliphatic rings. The second kappa shape index (κ2) is 6.17. The average Bonchev–Trinajstić information content (AvgIpc) is 2.43. The van der Waals surface area contributed by atoms with Gasteiger partial charge >= 0.3 is 0 Å². The molecular weight excluding hydrogens is 264 g/mol. The Morgan fingerprint density at radius 2 is 1.85 bits per heavy atom. The van der Waals surface area contributed by atoms with Gasteiger partial charge in [-0.05, 0) is 19.0 Å². The van der Waals surface area contributed by atoms with E-state index in [2.05, 4.69) is 11.8 Å². The van der Waals surface area contributed by atoms with Gasteiger partial charge in [-0.3, -0.25) is 9.69 Å². The average molecular weight is 283 g/mol. The second-order valence-corrected chi connectivity index (χ2v) is 4.99.